The zero-order valence-electron chi connectivity index (χ0n) is 11.5. The number of nitrogens with one attached hydrogen (secondary N) is 1. The van der Waals surface area contributed by atoms with Gasteiger partial charge in [-0.05, 0) is 30.5 Å². The van der Waals surface area contributed by atoms with E-state index in [1.165, 1.54) is 0 Å². The third kappa shape index (κ3) is 4.28. The maximum absolute atomic E-state index is 11.7. The van der Waals surface area contributed by atoms with Gasteiger partial charge in [0.05, 0.1) is 12.2 Å². The van der Waals surface area contributed by atoms with Crippen LogP contribution in [0.3, 0.4) is 0 Å². The number of rotatable bonds is 4. The molecule has 0 heterocycles. The second kappa shape index (κ2) is 5.76. The average molecular weight is 250 g/mol. The van der Waals surface area contributed by atoms with Crippen LogP contribution in [0.5, 0.6) is 0 Å². The highest BCUT2D eigenvalue weighted by atomic mass is 16.5. The standard InChI is InChI=1S/C14H22N2O2/c1-5-18-13(17)11-8-10(6-7-12(11)15)16-9-14(2,3)4/h6-8,16H,5,9,15H2,1-4H3. The van der Waals surface area contributed by atoms with Crippen LogP contribution in [0.4, 0.5) is 11.4 Å². The van der Waals surface area contributed by atoms with Crippen molar-refractivity contribution >= 4 is 17.3 Å². The van der Waals surface area contributed by atoms with Gasteiger partial charge in [0, 0.05) is 17.9 Å². The summed E-state index contributed by atoms with van der Waals surface area (Å²) in [6.45, 7) is 9.36. The number of nitrogen functional groups attached to an aromatic ring is 1. The Morgan fingerprint density at radius 3 is 2.61 bits per heavy atom. The lowest BCUT2D eigenvalue weighted by molar-refractivity contribution is 0.0527. The van der Waals surface area contributed by atoms with Crippen LogP contribution < -0.4 is 11.1 Å². The Morgan fingerprint density at radius 1 is 1.39 bits per heavy atom. The first-order valence-corrected chi connectivity index (χ1v) is 6.14. The number of nitrogens with two attached hydrogens (primary N) is 1. The van der Waals surface area contributed by atoms with Gasteiger partial charge in [0.15, 0.2) is 0 Å². The minimum atomic E-state index is -0.380. The third-order valence-electron chi connectivity index (χ3n) is 2.37. The normalized spacial score (nSPS) is 11.1. The first kappa shape index (κ1) is 14.4. The number of carbonyl (C=O) groups excluding carboxylic acids is 1. The third-order valence-corrected chi connectivity index (χ3v) is 2.37. The maximum Gasteiger partial charge on any atom is 0.340 e. The molecule has 100 valence electrons. The molecule has 0 unspecified atom stereocenters. The molecule has 0 aromatic heterocycles. The van der Waals surface area contributed by atoms with Crippen molar-refractivity contribution in [2.24, 2.45) is 5.41 Å². The molecule has 4 nitrogen and oxygen atoms in total. The summed E-state index contributed by atoms with van der Waals surface area (Å²) in [5.41, 5.74) is 7.68. The van der Waals surface area contributed by atoms with Gasteiger partial charge in [-0.2, -0.15) is 0 Å². The Hall–Kier alpha value is -1.71. The van der Waals surface area contributed by atoms with E-state index in [0.717, 1.165) is 12.2 Å². The number of benzene rings is 1. The number of hydrogen-bond acceptors (Lipinski definition) is 4. The van der Waals surface area contributed by atoms with E-state index in [-0.39, 0.29) is 11.4 Å². The fourth-order valence-electron chi connectivity index (χ4n) is 1.42. The van der Waals surface area contributed by atoms with E-state index < -0.39 is 0 Å². The Labute approximate surface area is 109 Å². The zero-order chi connectivity index (χ0) is 13.8. The summed E-state index contributed by atoms with van der Waals surface area (Å²) in [5.74, 6) is -0.380. The molecule has 1 rings (SSSR count). The summed E-state index contributed by atoms with van der Waals surface area (Å²) in [6, 6.07) is 5.32. The van der Waals surface area contributed by atoms with Crippen LogP contribution in [0.25, 0.3) is 0 Å². The predicted octanol–water partition coefficient (Wildman–Crippen LogP) is 2.90. The minimum Gasteiger partial charge on any atom is -0.462 e. The Kier molecular flexibility index (Phi) is 4.59. The van der Waals surface area contributed by atoms with E-state index in [9.17, 15) is 4.79 Å². The van der Waals surface area contributed by atoms with E-state index in [1.807, 2.05) is 6.07 Å². The van der Waals surface area contributed by atoms with Gasteiger partial charge < -0.3 is 15.8 Å². The van der Waals surface area contributed by atoms with Gasteiger partial charge in [0.2, 0.25) is 0 Å². The molecule has 4 heteroatoms. The number of esters is 1. The molecule has 1 aromatic rings. The van der Waals surface area contributed by atoms with Crippen LogP contribution >= 0.6 is 0 Å². The quantitative estimate of drug-likeness (QED) is 0.637. The van der Waals surface area contributed by atoms with Crippen molar-refractivity contribution < 1.29 is 9.53 Å². The van der Waals surface area contributed by atoms with Gasteiger partial charge in [-0.25, -0.2) is 4.79 Å². The summed E-state index contributed by atoms with van der Waals surface area (Å²) in [5, 5.41) is 3.29. The molecule has 18 heavy (non-hydrogen) atoms. The Morgan fingerprint density at radius 2 is 2.06 bits per heavy atom. The molecule has 0 amide bonds. The molecule has 3 N–H and O–H groups in total. The maximum atomic E-state index is 11.7. The molecular formula is C14H22N2O2. The van der Waals surface area contributed by atoms with Crippen molar-refractivity contribution in [1.29, 1.82) is 0 Å². The molecule has 0 radical (unpaired) electrons. The molecule has 0 atom stereocenters. The van der Waals surface area contributed by atoms with E-state index in [4.69, 9.17) is 10.5 Å². The lowest BCUT2D eigenvalue weighted by Gasteiger charge is -2.20. The van der Waals surface area contributed by atoms with Gasteiger partial charge in [0.1, 0.15) is 0 Å². The summed E-state index contributed by atoms with van der Waals surface area (Å²) in [4.78, 5) is 11.7. The van der Waals surface area contributed by atoms with Crippen LogP contribution in [-0.4, -0.2) is 19.1 Å². The molecule has 1 aromatic carbocycles. The van der Waals surface area contributed by atoms with E-state index >= 15 is 0 Å². The van der Waals surface area contributed by atoms with Gasteiger partial charge in [-0.3, -0.25) is 0 Å². The number of carbonyl (C=O) groups is 1. The zero-order valence-corrected chi connectivity index (χ0v) is 11.5. The molecule has 0 fully saturated rings. The molecule has 0 spiro atoms. The summed E-state index contributed by atoms with van der Waals surface area (Å²) in [6.07, 6.45) is 0. The highest BCUT2D eigenvalue weighted by molar-refractivity contribution is 5.96. The molecular weight excluding hydrogens is 228 g/mol. The van der Waals surface area contributed by atoms with Crippen molar-refractivity contribution in [3.8, 4) is 0 Å². The molecule has 0 aliphatic rings. The topological polar surface area (TPSA) is 64.3 Å². The first-order chi connectivity index (χ1) is 8.33. The molecule has 0 aliphatic heterocycles. The highest BCUT2D eigenvalue weighted by Gasteiger charge is 2.13. The molecule has 0 saturated heterocycles. The van der Waals surface area contributed by atoms with Gasteiger partial charge >= 0.3 is 5.97 Å². The number of ether oxygens (including phenoxy) is 1. The molecule has 0 aliphatic carbocycles. The number of hydrogen-bond donors (Lipinski definition) is 2. The van der Waals surface area contributed by atoms with E-state index in [0.29, 0.717) is 17.9 Å². The largest absolute Gasteiger partial charge is 0.462 e. The van der Waals surface area contributed by atoms with Crippen LogP contribution in [0, 0.1) is 5.41 Å². The molecule has 0 saturated carbocycles. The van der Waals surface area contributed by atoms with Crippen molar-refractivity contribution in [2.45, 2.75) is 27.7 Å². The lowest BCUT2D eigenvalue weighted by atomic mass is 9.97. The lowest BCUT2D eigenvalue weighted by Crippen LogP contribution is -2.19. The minimum absolute atomic E-state index is 0.172. The van der Waals surface area contributed by atoms with Crippen molar-refractivity contribution in [1.82, 2.24) is 0 Å². The average Bonchev–Trinajstić information content (AvgIpc) is 2.27. The smallest absolute Gasteiger partial charge is 0.340 e. The Bertz CT molecular complexity index is 422. The fourth-order valence-corrected chi connectivity index (χ4v) is 1.42. The number of anilines is 2. The monoisotopic (exact) mass is 250 g/mol. The predicted molar refractivity (Wildman–Crippen MR) is 74.8 cm³/mol. The van der Waals surface area contributed by atoms with Gasteiger partial charge in [-0.1, -0.05) is 20.8 Å². The summed E-state index contributed by atoms with van der Waals surface area (Å²) < 4.78 is 4.96. The van der Waals surface area contributed by atoms with Crippen molar-refractivity contribution in [2.75, 3.05) is 24.2 Å². The summed E-state index contributed by atoms with van der Waals surface area (Å²) >= 11 is 0. The van der Waals surface area contributed by atoms with E-state index in [2.05, 4.69) is 26.1 Å². The van der Waals surface area contributed by atoms with Gasteiger partial charge in [-0.15, -0.1) is 0 Å². The second-order valence-corrected chi connectivity index (χ2v) is 5.44. The second-order valence-electron chi connectivity index (χ2n) is 5.44. The highest BCUT2D eigenvalue weighted by Crippen LogP contribution is 2.21. The van der Waals surface area contributed by atoms with Crippen LogP contribution in [0.2, 0.25) is 0 Å². The fraction of sp³-hybridized carbons (Fsp3) is 0.500. The molecule has 0 bridgehead atoms. The van der Waals surface area contributed by atoms with Crippen molar-refractivity contribution in [3.05, 3.63) is 23.8 Å². The van der Waals surface area contributed by atoms with Crippen LogP contribution in [-0.2, 0) is 4.74 Å². The van der Waals surface area contributed by atoms with Crippen LogP contribution in [0.15, 0.2) is 18.2 Å². The summed E-state index contributed by atoms with van der Waals surface area (Å²) in [7, 11) is 0. The van der Waals surface area contributed by atoms with Gasteiger partial charge in [0.25, 0.3) is 0 Å². The van der Waals surface area contributed by atoms with Crippen LogP contribution in [0.1, 0.15) is 38.1 Å². The van der Waals surface area contributed by atoms with Crippen molar-refractivity contribution in [3.63, 3.8) is 0 Å². The first-order valence-electron chi connectivity index (χ1n) is 6.14. The SMILES string of the molecule is CCOC(=O)c1cc(NCC(C)(C)C)ccc1N. The van der Waals surface area contributed by atoms with E-state index in [1.54, 1.807) is 19.1 Å². The Balaban J connectivity index is 2.84.